The van der Waals surface area contributed by atoms with E-state index in [1.165, 1.54) is 12.1 Å². The predicted molar refractivity (Wildman–Crippen MR) is 113 cm³/mol. The largest absolute Gasteiger partial charge is 0.416 e. The third kappa shape index (κ3) is 4.44. The van der Waals surface area contributed by atoms with Crippen LogP contribution >= 0.6 is 0 Å². The van der Waals surface area contributed by atoms with Gasteiger partial charge in [-0.15, -0.1) is 0 Å². The van der Waals surface area contributed by atoms with Crippen LogP contribution in [0.5, 0.6) is 0 Å². The van der Waals surface area contributed by atoms with E-state index in [2.05, 4.69) is 15.1 Å². The number of amides is 1. The van der Waals surface area contributed by atoms with Gasteiger partial charge in [-0.2, -0.15) is 18.3 Å². The average Bonchev–Trinajstić information content (AvgIpc) is 3.10. The van der Waals surface area contributed by atoms with E-state index in [-0.39, 0.29) is 5.56 Å². The highest BCUT2D eigenvalue weighted by atomic mass is 19.4. The Bertz CT molecular complexity index is 1150. The zero-order chi connectivity index (χ0) is 23.0. The van der Waals surface area contributed by atoms with Crippen molar-refractivity contribution in [1.82, 2.24) is 24.6 Å². The molecular weight excluding hydrogens is 421 g/mol. The summed E-state index contributed by atoms with van der Waals surface area (Å²) in [6.07, 6.45) is -4.48. The lowest BCUT2D eigenvalue weighted by molar-refractivity contribution is -0.137. The second-order valence-electron chi connectivity index (χ2n) is 7.83. The van der Waals surface area contributed by atoms with Gasteiger partial charge in [0.25, 0.3) is 5.91 Å². The van der Waals surface area contributed by atoms with Crippen molar-refractivity contribution in [2.24, 2.45) is 0 Å². The molecule has 4 rings (SSSR count). The number of carbonyl (C=O) groups excluding carboxylic acids is 1. The molecule has 168 valence electrons. The molecule has 1 saturated heterocycles. The Hall–Kier alpha value is -3.43. The summed E-state index contributed by atoms with van der Waals surface area (Å²) in [6.45, 7) is 7.47. The van der Waals surface area contributed by atoms with Gasteiger partial charge < -0.3 is 9.80 Å². The number of carbonyl (C=O) groups is 1. The van der Waals surface area contributed by atoms with Gasteiger partial charge in [0.15, 0.2) is 5.82 Å². The predicted octanol–water partition coefficient (Wildman–Crippen LogP) is 3.57. The third-order valence-electron chi connectivity index (χ3n) is 5.37. The van der Waals surface area contributed by atoms with E-state index >= 15 is 0 Å². The van der Waals surface area contributed by atoms with Gasteiger partial charge in [-0.3, -0.25) is 4.79 Å². The highest BCUT2D eigenvalue weighted by Crippen LogP contribution is 2.30. The zero-order valence-electron chi connectivity index (χ0n) is 18.0. The number of aryl methyl sites for hydroxylation is 3. The molecule has 1 fully saturated rings. The van der Waals surface area contributed by atoms with Gasteiger partial charge in [-0.1, -0.05) is 6.07 Å². The second-order valence-corrected chi connectivity index (χ2v) is 7.83. The topological polar surface area (TPSA) is 67.2 Å². The van der Waals surface area contributed by atoms with E-state index in [4.69, 9.17) is 0 Å². The molecule has 10 heteroatoms. The molecular formula is C22H23F3N6O. The zero-order valence-corrected chi connectivity index (χ0v) is 18.0. The molecule has 0 bridgehead atoms. The van der Waals surface area contributed by atoms with Gasteiger partial charge in [-0.25, -0.2) is 14.6 Å². The van der Waals surface area contributed by atoms with Crippen LogP contribution in [0.1, 0.15) is 33.1 Å². The Kier molecular flexibility index (Phi) is 5.62. The molecule has 0 aliphatic carbocycles. The average molecular weight is 444 g/mol. The minimum atomic E-state index is -4.48. The number of hydrogen-bond acceptors (Lipinski definition) is 5. The first-order chi connectivity index (χ1) is 15.1. The molecule has 2 aromatic heterocycles. The van der Waals surface area contributed by atoms with E-state index in [1.807, 2.05) is 37.8 Å². The lowest BCUT2D eigenvalue weighted by Gasteiger charge is -2.35. The Morgan fingerprint density at radius 3 is 2.25 bits per heavy atom. The number of anilines is 1. The van der Waals surface area contributed by atoms with E-state index in [9.17, 15) is 18.0 Å². The van der Waals surface area contributed by atoms with E-state index in [0.717, 1.165) is 29.3 Å². The quantitative estimate of drug-likeness (QED) is 0.618. The van der Waals surface area contributed by atoms with Crippen molar-refractivity contribution in [3.63, 3.8) is 0 Å². The minimum absolute atomic E-state index is 0.0398. The van der Waals surface area contributed by atoms with Gasteiger partial charge in [-0.05, 0) is 45.0 Å². The van der Waals surface area contributed by atoms with Crippen molar-refractivity contribution in [2.75, 3.05) is 31.1 Å². The summed E-state index contributed by atoms with van der Waals surface area (Å²) in [5, 5.41) is 4.48. The van der Waals surface area contributed by atoms with Crippen LogP contribution in [0.4, 0.5) is 19.0 Å². The fourth-order valence-electron chi connectivity index (χ4n) is 3.82. The first-order valence-electron chi connectivity index (χ1n) is 10.2. The van der Waals surface area contributed by atoms with Crippen LogP contribution in [0.2, 0.25) is 0 Å². The molecule has 0 radical (unpaired) electrons. The maximum Gasteiger partial charge on any atom is 0.416 e. The highest BCUT2D eigenvalue weighted by molar-refractivity contribution is 5.94. The molecule has 0 unspecified atom stereocenters. The molecule has 7 nitrogen and oxygen atoms in total. The summed E-state index contributed by atoms with van der Waals surface area (Å²) < 4.78 is 40.7. The first-order valence-corrected chi connectivity index (χ1v) is 10.2. The van der Waals surface area contributed by atoms with Gasteiger partial charge >= 0.3 is 6.18 Å². The number of nitrogens with zero attached hydrogens (tertiary/aromatic N) is 6. The molecule has 3 aromatic rings. The Balaban J connectivity index is 1.48. The summed E-state index contributed by atoms with van der Waals surface area (Å²) in [4.78, 5) is 25.4. The highest BCUT2D eigenvalue weighted by Gasteiger charge is 2.32. The molecule has 1 aliphatic heterocycles. The van der Waals surface area contributed by atoms with E-state index in [1.54, 1.807) is 9.58 Å². The van der Waals surface area contributed by atoms with Crippen molar-refractivity contribution in [3.8, 4) is 5.82 Å². The van der Waals surface area contributed by atoms with Crippen LogP contribution in [-0.4, -0.2) is 56.7 Å². The van der Waals surface area contributed by atoms with Crippen molar-refractivity contribution < 1.29 is 18.0 Å². The summed E-state index contributed by atoms with van der Waals surface area (Å²) in [5.41, 5.74) is 1.07. The van der Waals surface area contributed by atoms with Crippen LogP contribution in [0.25, 0.3) is 5.82 Å². The fourth-order valence-corrected chi connectivity index (χ4v) is 3.82. The van der Waals surface area contributed by atoms with Crippen LogP contribution < -0.4 is 4.90 Å². The van der Waals surface area contributed by atoms with Crippen LogP contribution in [-0.2, 0) is 6.18 Å². The number of piperazine rings is 1. The molecule has 1 aromatic carbocycles. The SMILES string of the molecule is Cc1cc(C)n(-c2cc(N3CCN(C(=O)c4cccc(C(F)(F)F)c4)CC3)nc(C)n2)n1. The number of benzene rings is 1. The molecule has 0 N–H and O–H groups in total. The maximum atomic E-state index is 13.0. The molecule has 0 spiro atoms. The smallest absolute Gasteiger partial charge is 0.353 e. The Morgan fingerprint density at radius 2 is 1.62 bits per heavy atom. The van der Waals surface area contributed by atoms with Crippen molar-refractivity contribution in [2.45, 2.75) is 26.9 Å². The van der Waals surface area contributed by atoms with Gasteiger partial charge in [0, 0.05) is 43.5 Å². The first kappa shape index (κ1) is 21.8. The summed E-state index contributed by atoms with van der Waals surface area (Å²) in [6, 6.07) is 8.37. The van der Waals surface area contributed by atoms with Gasteiger partial charge in [0.05, 0.1) is 11.3 Å². The number of aromatic nitrogens is 4. The number of alkyl halides is 3. The minimum Gasteiger partial charge on any atom is -0.353 e. The summed E-state index contributed by atoms with van der Waals surface area (Å²) >= 11 is 0. The molecule has 1 aliphatic rings. The van der Waals surface area contributed by atoms with Gasteiger partial charge in [0.1, 0.15) is 11.6 Å². The fraction of sp³-hybridized carbons (Fsp3) is 0.364. The summed E-state index contributed by atoms with van der Waals surface area (Å²) in [5.74, 6) is 1.59. The van der Waals surface area contributed by atoms with Crippen LogP contribution in [0.15, 0.2) is 36.4 Å². The summed E-state index contributed by atoms with van der Waals surface area (Å²) in [7, 11) is 0. The monoisotopic (exact) mass is 444 g/mol. The molecule has 0 saturated carbocycles. The maximum absolute atomic E-state index is 13.0. The normalized spacial score (nSPS) is 14.7. The lowest BCUT2D eigenvalue weighted by Crippen LogP contribution is -2.49. The Labute approximate surface area is 183 Å². The van der Waals surface area contributed by atoms with Gasteiger partial charge in [0.2, 0.25) is 0 Å². The number of hydrogen-bond donors (Lipinski definition) is 0. The molecule has 32 heavy (non-hydrogen) atoms. The Morgan fingerprint density at radius 1 is 0.938 bits per heavy atom. The third-order valence-corrected chi connectivity index (χ3v) is 5.37. The van der Waals surface area contributed by atoms with Crippen LogP contribution in [0, 0.1) is 20.8 Å². The molecule has 1 amide bonds. The second kappa shape index (κ2) is 8.25. The van der Waals surface area contributed by atoms with Crippen molar-refractivity contribution >= 4 is 11.7 Å². The number of halogens is 3. The van der Waals surface area contributed by atoms with Crippen molar-refractivity contribution in [3.05, 3.63) is 64.7 Å². The number of rotatable bonds is 3. The lowest BCUT2D eigenvalue weighted by atomic mass is 10.1. The molecule has 0 atom stereocenters. The van der Waals surface area contributed by atoms with E-state index in [0.29, 0.717) is 37.8 Å². The van der Waals surface area contributed by atoms with E-state index < -0.39 is 17.6 Å². The standard InChI is InChI=1S/C22H23F3N6O/c1-14-11-15(2)31(28-14)20-13-19(26-16(3)27-20)29-7-9-30(10-8-29)21(32)17-5-4-6-18(12-17)22(23,24)25/h4-6,11-13H,7-10H2,1-3H3. The van der Waals surface area contributed by atoms with Crippen LogP contribution in [0.3, 0.4) is 0 Å². The molecule has 3 heterocycles. The van der Waals surface area contributed by atoms with Crippen molar-refractivity contribution in [1.29, 1.82) is 0 Å².